The third-order valence-corrected chi connectivity index (χ3v) is 6.88. The highest BCUT2D eigenvalue weighted by Crippen LogP contribution is 2.38. The molecule has 6 rings (SSSR count). The average Bonchev–Trinajstić information content (AvgIpc) is 3.13. The van der Waals surface area contributed by atoms with Crippen molar-refractivity contribution in [1.82, 2.24) is 19.7 Å². The Morgan fingerprint density at radius 3 is 2.75 bits per heavy atom. The number of amides is 1. The van der Waals surface area contributed by atoms with Gasteiger partial charge in [0.15, 0.2) is 5.65 Å². The minimum Gasteiger partial charge on any atom is -0.377 e. The van der Waals surface area contributed by atoms with Gasteiger partial charge in [-0.15, -0.1) is 0 Å². The number of hydrogen-bond donors (Lipinski definition) is 2. The van der Waals surface area contributed by atoms with Crippen LogP contribution in [0.1, 0.15) is 35.7 Å². The number of nitrogens with one attached hydrogen (secondary N) is 2. The van der Waals surface area contributed by atoms with E-state index < -0.39 is 0 Å². The summed E-state index contributed by atoms with van der Waals surface area (Å²) in [6.07, 6.45) is 5.57. The molecular formula is C25H27N5O2. The first-order valence-electron chi connectivity index (χ1n) is 11.4. The molecule has 32 heavy (non-hydrogen) atoms. The van der Waals surface area contributed by atoms with Crippen molar-refractivity contribution in [3.05, 3.63) is 47.7 Å². The maximum absolute atomic E-state index is 13.2. The van der Waals surface area contributed by atoms with Crippen LogP contribution in [0.2, 0.25) is 0 Å². The van der Waals surface area contributed by atoms with Crippen LogP contribution in [0.25, 0.3) is 27.7 Å². The van der Waals surface area contributed by atoms with E-state index in [-0.39, 0.29) is 11.9 Å². The second-order valence-corrected chi connectivity index (χ2v) is 9.33. The molecule has 0 atom stereocenters. The van der Waals surface area contributed by atoms with Gasteiger partial charge in [0.2, 0.25) is 0 Å². The Balaban J connectivity index is 1.63. The van der Waals surface area contributed by atoms with Crippen LogP contribution in [0.15, 0.2) is 36.5 Å². The number of fused-ring (bicyclic) bond motifs is 5. The van der Waals surface area contributed by atoms with Crippen molar-refractivity contribution in [3.8, 4) is 0 Å². The SMILES string of the molecule is CNC(=O)c1c(NC2COC2)c2cc(CC3CC(C)C3)cnc2n2c1nc1ccccc12. The monoisotopic (exact) mass is 429 g/mol. The third kappa shape index (κ3) is 3.03. The Hall–Kier alpha value is -3.19. The van der Waals surface area contributed by atoms with Crippen LogP contribution < -0.4 is 10.6 Å². The summed E-state index contributed by atoms with van der Waals surface area (Å²) in [5.74, 6) is 1.38. The van der Waals surface area contributed by atoms with Crippen LogP contribution >= 0.6 is 0 Å². The number of rotatable bonds is 5. The van der Waals surface area contributed by atoms with E-state index in [1.807, 2.05) is 34.9 Å². The van der Waals surface area contributed by atoms with E-state index in [4.69, 9.17) is 14.7 Å². The zero-order valence-corrected chi connectivity index (χ0v) is 18.4. The second-order valence-electron chi connectivity index (χ2n) is 9.33. The van der Waals surface area contributed by atoms with Crippen LogP contribution in [0.3, 0.4) is 0 Å². The standard InChI is InChI=1S/C25H27N5O2/c1-14-7-15(8-14)9-16-10-18-22(28-17-12-32-13-17)21(25(31)26-2)24-29-19-5-3-4-6-20(19)30(24)23(18)27-11-16/h3-6,10-11,14-15,17,28H,7-9,12-13H2,1-2H3,(H,26,31). The Morgan fingerprint density at radius 2 is 2.03 bits per heavy atom. The lowest BCUT2D eigenvalue weighted by Crippen LogP contribution is -2.41. The number of pyridine rings is 2. The van der Waals surface area contributed by atoms with E-state index in [0.717, 1.165) is 46.0 Å². The van der Waals surface area contributed by atoms with Gasteiger partial charge >= 0.3 is 0 Å². The zero-order chi connectivity index (χ0) is 21.8. The Labute approximate surface area is 186 Å². The van der Waals surface area contributed by atoms with Crippen molar-refractivity contribution >= 4 is 39.3 Å². The molecule has 0 unspecified atom stereocenters. The van der Waals surface area contributed by atoms with Crippen LogP contribution in [-0.2, 0) is 11.2 Å². The number of nitrogens with zero attached hydrogens (tertiary/aromatic N) is 3. The van der Waals surface area contributed by atoms with Gasteiger partial charge in [0, 0.05) is 18.6 Å². The van der Waals surface area contributed by atoms with E-state index in [0.29, 0.717) is 24.4 Å². The number of imidazole rings is 1. The first-order valence-corrected chi connectivity index (χ1v) is 11.4. The molecule has 7 heteroatoms. The van der Waals surface area contributed by atoms with Crippen LogP contribution in [0.5, 0.6) is 0 Å². The van der Waals surface area contributed by atoms with Gasteiger partial charge in [-0.3, -0.25) is 9.20 Å². The lowest BCUT2D eigenvalue weighted by Gasteiger charge is -2.33. The van der Waals surface area contributed by atoms with Crippen molar-refractivity contribution in [2.24, 2.45) is 11.8 Å². The molecule has 1 aliphatic carbocycles. The summed E-state index contributed by atoms with van der Waals surface area (Å²) in [5.41, 5.74) is 5.80. The molecule has 1 aliphatic heterocycles. The highest BCUT2D eigenvalue weighted by molar-refractivity contribution is 6.13. The van der Waals surface area contributed by atoms with E-state index in [1.54, 1.807) is 7.05 Å². The molecule has 3 aromatic heterocycles. The molecule has 0 radical (unpaired) electrons. The molecule has 1 aromatic carbocycles. The summed E-state index contributed by atoms with van der Waals surface area (Å²) < 4.78 is 7.41. The van der Waals surface area contributed by atoms with E-state index in [2.05, 4.69) is 23.6 Å². The Morgan fingerprint density at radius 1 is 1.22 bits per heavy atom. The first kappa shape index (κ1) is 19.5. The normalized spacial score (nSPS) is 20.9. The lowest BCUT2D eigenvalue weighted by molar-refractivity contribution is 0.0211. The van der Waals surface area contributed by atoms with Gasteiger partial charge in [0.25, 0.3) is 5.91 Å². The van der Waals surface area contributed by atoms with Crippen molar-refractivity contribution in [1.29, 1.82) is 0 Å². The fourth-order valence-corrected chi connectivity index (χ4v) is 5.21. The Bertz CT molecular complexity index is 1350. The van der Waals surface area contributed by atoms with Gasteiger partial charge in [-0.2, -0.15) is 0 Å². The predicted molar refractivity (Wildman–Crippen MR) is 125 cm³/mol. The number of para-hydroxylation sites is 2. The third-order valence-electron chi connectivity index (χ3n) is 6.88. The molecule has 4 heterocycles. The molecule has 2 N–H and O–H groups in total. The highest BCUT2D eigenvalue weighted by Gasteiger charge is 2.29. The second kappa shape index (κ2) is 7.45. The zero-order valence-electron chi connectivity index (χ0n) is 18.4. The van der Waals surface area contributed by atoms with Crippen molar-refractivity contribution in [2.45, 2.75) is 32.2 Å². The summed E-state index contributed by atoms with van der Waals surface area (Å²) in [5, 5.41) is 7.35. The fourth-order valence-electron chi connectivity index (χ4n) is 5.21. The molecule has 2 aliphatic rings. The maximum atomic E-state index is 13.2. The minimum atomic E-state index is -0.159. The Kier molecular flexibility index (Phi) is 4.54. The molecule has 7 nitrogen and oxygen atoms in total. The van der Waals surface area contributed by atoms with E-state index in [1.165, 1.54) is 18.4 Å². The predicted octanol–water partition coefficient (Wildman–Crippen LogP) is 3.79. The van der Waals surface area contributed by atoms with Crippen molar-refractivity contribution in [3.63, 3.8) is 0 Å². The van der Waals surface area contributed by atoms with Crippen LogP contribution in [0, 0.1) is 11.8 Å². The molecule has 1 saturated heterocycles. The average molecular weight is 430 g/mol. The fraction of sp³-hybridized carbons (Fsp3) is 0.400. The number of carbonyl (C=O) groups is 1. The molecule has 2 fully saturated rings. The van der Waals surface area contributed by atoms with E-state index in [9.17, 15) is 4.79 Å². The van der Waals surface area contributed by atoms with Gasteiger partial charge in [-0.05, 0) is 54.9 Å². The lowest BCUT2D eigenvalue weighted by atomic mass is 9.73. The number of hydrogen-bond acceptors (Lipinski definition) is 5. The molecule has 164 valence electrons. The summed E-state index contributed by atoms with van der Waals surface area (Å²) in [6.45, 7) is 3.57. The molecule has 4 aromatic rings. The topological polar surface area (TPSA) is 80.5 Å². The quantitative estimate of drug-likeness (QED) is 0.505. The van der Waals surface area contributed by atoms with Gasteiger partial charge in [0.05, 0.1) is 36.0 Å². The number of aromatic nitrogens is 3. The van der Waals surface area contributed by atoms with E-state index >= 15 is 0 Å². The molecular weight excluding hydrogens is 402 g/mol. The van der Waals surface area contributed by atoms with Gasteiger partial charge in [-0.25, -0.2) is 9.97 Å². The van der Waals surface area contributed by atoms with Gasteiger partial charge < -0.3 is 15.4 Å². The van der Waals surface area contributed by atoms with Crippen LogP contribution in [0.4, 0.5) is 5.69 Å². The number of ether oxygens (including phenoxy) is 1. The smallest absolute Gasteiger partial charge is 0.256 e. The van der Waals surface area contributed by atoms with Gasteiger partial charge in [-0.1, -0.05) is 19.1 Å². The first-order chi connectivity index (χ1) is 15.6. The number of carbonyl (C=O) groups excluding carboxylic acids is 1. The van der Waals surface area contributed by atoms with Gasteiger partial charge in [0.1, 0.15) is 11.2 Å². The molecule has 1 saturated carbocycles. The molecule has 1 amide bonds. The maximum Gasteiger partial charge on any atom is 0.256 e. The summed E-state index contributed by atoms with van der Waals surface area (Å²) in [7, 11) is 1.66. The largest absolute Gasteiger partial charge is 0.377 e. The molecule has 0 bridgehead atoms. The van der Waals surface area contributed by atoms with Crippen molar-refractivity contribution < 1.29 is 9.53 Å². The number of benzene rings is 1. The van der Waals surface area contributed by atoms with Crippen molar-refractivity contribution in [2.75, 3.05) is 25.6 Å². The molecule has 0 spiro atoms. The van der Waals surface area contributed by atoms with Crippen LogP contribution in [-0.4, -0.2) is 46.6 Å². The summed E-state index contributed by atoms with van der Waals surface area (Å²) in [6, 6.07) is 10.3. The number of anilines is 1. The summed E-state index contributed by atoms with van der Waals surface area (Å²) in [4.78, 5) is 22.9. The minimum absolute atomic E-state index is 0.159. The highest BCUT2D eigenvalue weighted by atomic mass is 16.5. The summed E-state index contributed by atoms with van der Waals surface area (Å²) >= 11 is 0.